The molecule has 0 spiro atoms. The van der Waals surface area contributed by atoms with Gasteiger partial charge in [-0.3, -0.25) is 19.1 Å². The van der Waals surface area contributed by atoms with Gasteiger partial charge in [0.1, 0.15) is 5.82 Å². The van der Waals surface area contributed by atoms with Gasteiger partial charge in [0.25, 0.3) is 5.56 Å². The highest BCUT2D eigenvalue weighted by Crippen LogP contribution is 2.22. The molecule has 1 aromatic heterocycles. The van der Waals surface area contributed by atoms with E-state index in [-0.39, 0.29) is 43.0 Å². The molecule has 0 aliphatic heterocycles. The van der Waals surface area contributed by atoms with Crippen LogP contribution in [0.1, 0.15) is 25.0 Å². The number of anilines is 3. The van der Waals surface area contributed by atoms with Crippen molar-refractivity contribution in [3.63, 3.8) is 0 Å². The van der Waals surface area contributed by atoms with E-state index < -0.39 is 11.2 Å². The lowest BCUT2D eigenvalue weighted by atomic mass is 10.2. The molecule has 9 heteroatoms. The number of H-pyrrole nitrogens is 1. The number of nitrogens with one attached hydrogen (secondary N) is 2. The summed E-state index contributed by atoms with van der Waals surface area (Å²) in [6.07, 6.45) is 0. The molecule has 0 aliphatic carbocycles. The van der Waals surface area contributed by atoms with E-state index in [9.17, 15) is 14.4 Å². The van der Waals surface area contributed by atoms with Gasteiger partial charge in [-0.1, -0.05) is 61.8 Å². The number of aryl methyl sites for hydroxylation is 1. The second kappa shape index (κ2) is 10.4. The van der Waals surface area contributed by atoms with Crippen LogP contribution in [0.4, 0.5) is 17.2 Å². The Morgan fingerprint density at radius 3 is 2.52 bits per heavy atom. The van der Waals surface area contributed by atoms with Crippen LogP contribution in [0, 0.1) is 12.8 Å². The fourth-order valence-electron chi connectivity index (χ4n) is 3.42. The number of nitrogens with zero attached hydrogens (tertiary/aromatic N) is 2. The summed E-state index contributed by atoms with van der Waals surface area (Å²) in [5.74, 6) is -0.362. The summed E-state index contributed by atoms with van der Waals surface area (Å²) < 4.78 is 1.26. The summed E-state index contributed by atoms with van der Waals surface area (Å²) in [6.45, 7) is 6.09. The first-order valence-electron chi connectivity index (χ1n) is 10.6. The van der Waals surface area contributed by atoms with Crippen molar-refractivity contribution in [2.24, 2.45) is 5.92 Å². The van der Waals surface area contributed by atoms with Crippen LogP contribution in [-0.4, -0.2) is 28.5 Å². The molecule has 174 valence electrons. The summed E-state index contributed by atoms with van der Waals surface area (Å²) in [5, 5.41) is 3.63. The number of aromatic nitrogens is 2. The fraction of sp³-hybridized carbons (Fsp3) is 0.292. The molecule has 0 unspecified atom stereocenters. The zero-order valence-corrected chi connectivity index (χ0v) is 19.6. The predicted molar refractivity (Wildman–Crippen MR) is 133 cm³/mol. The summed E-state index contributed by atoms with van der Waals surface area (Å²) in [6, 6.07) is 14.7. The first kappa shape index (κ1) is 24.1. The second-order valence-electron chi connectivity index (χ2n) is 8.28. The van der Waals surface area contributed by atoms with Gasteiger partial charge in [-0.2, -0.15) is 0 Å². The van der Waals surface area contributed by atoms with Crippen molar-refractivity contribution in [1.82, 2.24) is 9.55 Å². The molecule has 2 aromatic carbocycles. The second-order valence-corrected chi connectivity index (χ2v) is 8.69. The van der Waals surface area contributed by atoms with E-state index in [0.29, 0.717) is 10.7 Å². The van der Waals surface area contributed by atoms with E-state index in [0.717, 1.165) is 11.1 Å². The molecule has 0 atom stereocenters. The number of carbonyl (C=O) groups is 1. The van der Waals surface area contributed by atoms with Gasteiger partial charge in [0.05, 0.1) is 13.1 Å². The molecule has 3 aromatic rings. The molecule has 0 fully saturated rings. The quantitative estimate of drug-likeness (QED) is 0.468. The molecule has 3 rings (SSSR count). The Bertz CT molecular complexity index is 1250. The number of aromatic amines is 1. The maximum atomic E-state index is 13.2. The zero-order chi connectivity index (χ0) is 24.1. The SMILES string of the molecule is Cc1ccc(NCC(=O)N(CC(C)C)c2c(N)n(Cc3ccccc3)c(=O)[nH]c2=O)cc1Cl. The number of rotatable bonds is 8. The third-order valence-corrected chi connectivity index (χ3v) is 5.54. The number of amides is 1. The predicted octanol–water partition coefficient (Wildman–Crippen LogP) is 3.23. The molecule has 0 bridgehead atoms. The van der Waals surface area contributed by atoms with Gasteiger partial charge >= 0.3 is 5.69 Å². The number of benzene rings is 2. The van der Waals surface area contributed by atoms with Gasteiger partial charge in [-0.15, -0.1) is 0 Å². The van der Waals surface area contributed by atoms with E-state index >= 15 is 0 Å². The number of nitrogen functional groups attached to an aromatic ring is 1. The largest absolute Gasteiger partial charge is 0.383 e. The third kappa shape index (κ3) is 5.84. The highest BCUT2D eigenvalue weighted by Gasteiger charge is 2.25. The van der Waals surface area contributed by atoms with Crippen LogP contribution in [0.3, 0.4) is 0 Å². The molecule has 0 saturated carbocycles. The van der Waals surface area contributed by atoms with Crippen molar-refractivity contribution in [2.45, 2.75) is 27.3 Å². The average molecular weight is 470 g/mol. The Balaban J connectivity index is 1.94. The Labute approximate surface area is 197 Å². The zero-order valence-electron chi connectivity index (χ0n) is 18.9. The topological polar surface area (TPSA) is 113 Å². The first-order valence-corrected chi connectivity index (χ1v) is 11.0. The van der Waals surface area contributed by atoms with Gasteiger partial charge in [0.2, 0.25) is 5.91 Å². The average Bonchev–Trinajstić information content (AvgIpc) is 2.77. The van der Waals surface area contributed by atoms with Crippen molar-refractivity contribution in [3.05, 3.63) is 85.5 Å². The molecule has 33 heavy (non-hydrogen) atoms. The van der Waals surface area contributed by atoms with E-state index in [1.807, 2.05) is 63.2 Å². The van der Waals surface area contributed by atoms with Crippen LogP contribution in [-0.2, 0) is 11.3 Å². The molecular formula is C24H28ClN5O3. The molecule has 4 N–H and O–H groups in total. The van der Waals surface area contributed by atoms with Gasteiger partial charge in [0.15, 0.2) is 5.69 Å². The van der Waals surface area contributed by atoms with E-state index in [1.54, 1.807) is 6.07 Å². The van der Waals surface area contributed by atoms with Crippen LogP contribution in [0.15, 0.2) is 58.1 Å². The van der Waals surface area contributed by atoms with Gasteiger partial charge in [-0.05, 0) is 36.1 Å². The highest BCUT2D eigenvalue weighted by atomic mass is 35.5. The third-order valence-electron chi connectivity index (χ3n) is 5.13. The van der Waals surface area contributed by atoms with Crippen molar-refractivity contribution in [3.8, 4) is 0 Å². The maximum Gasteiger partial charge on any atom is 0.330 e. The van der Waals surface area contributed by atoms with Gasteiger partial charge in [0, 0.05) is 17.3 Å². The van der Waals surface area contributed by atoms with Gasteiger partial charge < -0.3 is 16.0 Å². The van der Waals surface area contributed by atoms with Crippen LogP contribution in [0.25, 0.3) is 0 Å². The van der Waals surface area contributed by atoms with Crippen LogP contribution >= 0.6 is 11.6 Å². The smallest absolute Gasteiger partial charge is 0.330 e. The molecule has 1 heterocycles. The Morgan fingerprint density at radius 1 is 1.18 bits per heavy atom. The lowest BCUT2D eigenvalue weighted by molar-refractivity contribution is -0.117. The molecular weight excluding hydrogens is 442 g/mol. The van der Waals surface area contributed by atoms with Crippen LogP contribution in [0.5, 0.6) is 0 Å². The number of halogens is 1. The number of carbonyl (C=O) groups excluding carboxylic acids is 1. The number of hydrogen-bond donors (Lipinski definition) is 3. The maximum absolute atomic E-state index is 13.2. The minimum absolute atomic E-state index is 0.0343. The standard InChI is InChI=1S/C24H28ClN5O3/c1-15(2)13-29(20(31)12-27-18-10-9-16(3)19(25)11-18)21-22(26)30(24(33)28-23(21)32)14-17-7-5-4-6-8-17/h4-11,15,27H,12-14,26H2,1-3H3,(H,28,32,33). The molecule has 0 radical (unpaired) electrons. The molecule has 0 saturated heterocycles. The van der Waals surface area contributed by atoms with Crippen molar-refractivity contribution >= 4 is 34.7 Å². The van der Waals surface area contributed by atoms with E-state index in [2.05, 4.69) is 10.3 Å². The number of nitrogens with two attached hydrogens (primary N) is 1. The van der Waals surface area contributed by atoms with Crippen molar-refractivity contribution in [1.29, 1.82) is 0 Å². The summed E-state index contributed by atoms with van der Waals surface area (Å²) in [5.41, 5.74) is 7.38. The van der Waals surface area contributed by atoms with Crippen molar-refractivity contribution < 1.29 is 4.79 Å². The number of hydrogen-bond acceptors (Lipinski definition) is 5. The minimum atomic E-state index is -0.700. The summed E-state index contributed by atoms with van der Waals surface area (Å²) in [4.78, 5) is 42.1. The lowest BCUT2D eigenvalue weighted by Gasteiger charge is -2.26. The minimum Gasteiger partial charge on any atom is -0.383 e. The molecule has 8 nitrogen and oxygen atoms in total. The highest BCUT2D eigenvalue weighted by molar-refractivity contribution is 6.31. The van der Waals surface area contributed by atoms with E-state index in [4.69, 9.17) is 17.3 Å². The summed E-state index contributed by atoms with van der Waals surface area (Å²) in [7, 11) is 0. The van der Waals surface area contributed by atoms with Crippen LogP contribution < -0.4 is 27.2 Å². The Hall–Kier alpha value is -3.52. The summed E-state index contributed by atoms with van der Waals surface area (Å²) >= 11 is 6.17. The fourth-order valence-corrected chi connectivity index (χ4v) is 3.60. The Kier molecular flexibility index (Phi) is 7.60. The van der Waals surface area contributed by atoms with Gasteiger partial charge in [-0.25, -0.2) is 4.79 Å². The van der Waals surface area contributed by atoms with E-state index in [1.165, 1.54) is 9.47 Å². The van der Waals surface area contributed by atoms with Crippen LogP contribution in [0.2, 0.25) is 5.02 Å². The monoisotopic (exact) mass is 469 g/mol. The normalized spacial score (nSPS) is 10.9. The lowest BCUT2D eigenvalue weighted by Crippen LogP contribution is -2.44. The molecule has 1 amide bonds. The molecule has 0 aliphatic rings. The first-order chi connectivity index (χ1) is 15.7. The van der Waals surface area contributed by atoms with Crippen molar-refractivity contribution in [2.75, 3.05) is 29.0 Å². The Morgan fingerprint density at radius 2 is 1.88 bits per heavy atom.